The summed E-state index contributed by atoms with van der Waals surface area (Å²) in [5.41, 5.74) is 1.72. The molecule has 7 heteroatoms. The average molecular weight is 306 g/mol. The van der Waals surface area contributed by atoms with Gasteiger partial charge in [-0.2, -0.15) is 15.4 Å². The Kier molecular flexibility index (Phi) is 4.35. The lowest BCUT2D eigenvalue weighted by molar-refractivity contribution is 0.0956. The van der Waals surface area contributed by atoms with E-state index in [1.165, 1.54) is 12.1 Å². The van der Waals surface area contributed by atoms with E-state index in [2.05, 4.69) is 20.3 Å². The van der Waals surface area contributed by atoms with Crippen molar-refractivity contribution in [3.05, 3.63) is 41.5 Å². The minimum absolute atomic E-state index is 0.0460. The van der Waals surface area contributed by atoms with E-state index in [-0.39, 0.29) is 17.8 Å². The molecule has 118 valence electrons. The number of H-pyrrole nitrogens is 1. The first kappa shape index (κ1) is 14.9. The molecule has 0 saturated carbocycles. The Morgan fingerprint density at radius 1 is 1.36 bits per heavy atom. The lowest BCUT2D eigenvalue weighted by atomic mass is 10.0. The minimum atomic E-state index is -0.258. The number of ether oxygens (including phenoxy) is 2. The van der Waals surface area contributed by atoms with Crippen LogP contribution in [-0.2, 0) is 11.3 Å². The second-order valence-corrected chi connectivity index (χ2v) is 5.43. The lowest BCUT2D eigenvalue weighted by Crippen LogP contribution is -2.23. The van der Waals surface area contributed by atoms with Gasteiger partial charge in [0.2, 0.25) is 0 Å². The van der Waals surface area contributed by atoms with Gasteiger partial charge in [-0.3, -0.25) is 4.90 Å². The number of aromatic amines is 1. The number of halogens is 1. The maximum atomic E-state index is 13.5. The largest absolute Gasteiger partial charge is 0.496 e. The SMILES string of the molecule is COc1ccc(F)cc1CN1C[C@@H](OC)[C@H](c2cn[nH]n2)C1. The Bertz CT molecular complexity index is 620. The van der Waals surface area contributed by atoms with E-state index < -0.39 is 0 Å². The molecule has 2 atom stereocenters. The summed E-state index contributed by atoms with van der Waals surface area (Å²) in [5.74, 6) is 0.592. The lowest BCUT2D eigenvalue weighted by Gasteiger charge is -2.17. The molecule has 0 bridgehead atoms. The molecule has 1 aliphatic heterocycles. The number of hydrogen-bond acceptors (Lipinski definition) is 5. The predicted octanol–water partition coefficient (Wildman–Crippen LogP) is 1.57. The number of rotatable bonds is 5. The van der Waals surface area contributed by atoms with Gasteiger partial charge in [-0.15, -0.1) is 0 Å². The summed E-state index contributed by atoms with van der Waals surface area (Å²) in [6.07, 6.45) is 1.77. The zero-order valence-corrected chi connectivity index (χ0v) is 12.6. The number of benzene rings is 1. The first-order chi connectivity index (χ1) is 10.7. The number of nitrogens with one attached hydrogen (secondary N) is 1. The molecule has 0 unspecified atom stereocenters. The average Bonchev–Trinajstić information content (AvgIpc) is 3.16. The van der Waals surface area contributed by atoms with Gasteiger partial charge in [0.1, 0.15) is 11.6 Å². The molecule has 2 aromatic rings. The van der Waals surface area contributed by atoms with Crippen molar-refractivity contribution >= 4 is 0 Å². The van der Waals surface area contributed by atoms with E-state index in [4.69, 9.17) is 9.47 Å². The predicted molar refractivity (Wildman–Crippen MR) is 78.1 cm³/mol. The molecule has 1 aromatic heterocycles. The van der Waals surface area contributed by atoms with Crippen molar-refractivity contribution in [3.63, 3.8) is 0 Å². The van der Waals surface area contributed by atoms with Crippen molar-refractivity contribution in [1.29, 1.82) is 0 Å². The number of likely N-dealkylation sites (tertiary alicyclic amines) is 1. The summed E-state index contributed by atoms with van der Waals surface area (Å²) < 4.78 is 24.4. The van der Waals surface area contributed by atoms with Crippen LogP contribution in [0.5, 0.6) is 5.75 Å². The number of methoxy groups -OCH3 is 2. The van der Waals surface area contributed by atoms with E-state index in [1.807, 2.05) is 0 Å². The summed E-state index contributed by atoms with van der Waals surface area (Å²) in [4.78, 5) is 2.21. The second kappa shape index (κ2) is 6.41. The molecule has 6 nitrogen and oxygen atoms in total. The van der Waals surface area contributed by atoms with Crippen LogP contribution in [-0.4, -0.2) is 53.7 Å². The molecule has 0 amide bonds. The molecule has 1 fully saturated rings. The molecule has 0 radical (unpaired) electrons. The molecular formula is C15H19FN4O2. The van der Waals surface area contributed by atoms with Crippen LogP contribution < -0.4 is 4.74 Å². The highest BCUT2D eigenvalue weighted by molar-refractivity contribution is 5.34. The molecule has 0 aliphatic carbocycles. The fourth-order valence-corrected chi connectivity index (χ4v) is 3.00. The normalized spacial score (nSPS) is 22.1. The van der Waals surface area contributed by atoms with Crippen molar-refractivity contribution in [3.8, 4) is 5.75 Å². The topological polar surface area (TPSA) is 63.3 Å². The highest BCUT2D eigenvalue weighted by atomic mass is 19.1. The first-order valence-corrected chi connectivity index (χ1v) is 7.14. The molecule has 2 heterocycles. The van der Waals surface area contributed by atoms with Gasteiger partial charge in [-0.05, 0) is 18.2 Å². The third-order valence-electron chi connectivity index (χ3n) is 4.09. The van der Waals surface area contributed by atoms with Crippen LogP contribution in [0.1, 0.15) is 17.2 Å². The third-order valence-corrected chi connectivity index (χ3v) is 4.09. The van der Waals surface area contributed by atoms with Crippen LogP contribution in [0.25, 0.3) is 0 Å². The summed E-state index contributed by atoms with van der Waals surface area (Å²) in [5, 5.41) is 10.7. The molecule has 0 spiro atoms. The minimum Gasteiger partial charge on any atom is -0.496 e. The fourth-order valence-electron chi connectivity index (χ4n) is 3.00. The highest BCUT2D eigenvalue weighted by Crippen LogP contribution is 2.30. The second-order valence-electron chi connectivity index (χ2n) is 5.43. The molecule has 22 heavy (non-hydrogen) atoms. The van der Waals surface area contributed by atoms with E-state index in [0.29, 0.717) is 12.3 Å². The van der Waals surface area contributed by atoms with Crippen LogP contribution in [0.15, 0.2) is 24.4 Å². The van der Waals surface area contributed by atoms with Crippen molar-refractivity contribution < 1.29 is 13.9 Å². The van der Waals surface area contributed by atoms with E-state index in [0.717, 1.165) is 24.3 Å². The Balaban J connectivity index is 1.76. The Hall–Kier alpha value is -1.99. The van der Waals surface area contributed by atoms with Gasteiger partial charge in [0.05, 0.1) is 25.1 Å². The molecular weight excluding hydrogens is 287 g/mol. The van der Waals surface area contributed by atoms with Crippen LogP contribution in [0.3, 0.4) is 0 Å². The Morgan fingerprint density at radius 3 is 2.91 bits per heavy atom. The van der Waals surface area contributed by atoms with Crippen LogP contribution >= 0.6 is 0 Å². The molecule has 1 N–H and O–H groups in total. The zero-order chi connectivity index (χ0) is 15.5. The van der Waals surface area contributed by atoms with Gasteiger partial charge in [0.25, 0.3) is 0 Å². The van der Waals surface area contributed by atoms with Crippen LogP contribution in [0.4, 0.5) is 4.39 Å². The van der Waals surface area contributed by atoms with Crippen LogP contribution in [0, 0.1) is 5.82 Å². The van der Waals surface area contributed by atoms with Gasteiger partial charge in [-0.25, -0.2) is 4.39 Å². The first-order valence-electron chi connectivity index (χ1n) is 7.14. The van der Waals surface area contributed by atoms with Crippen molar-refractivity contribution in [1.82, 2.24) is 20.3 Å². The van der Waals surface area contributed by atoms with E-state index >= 15 is 0 Å². The summed E-state index contributed by atoms with van der Waals surface area (Å²) >= 11 is 0. The smallest absolute Gasteiger partial charge is 0.123 e. The number of nitrogens with zero attached hydrogens (tertiary/aromatic N) is 3. The van der Waals surface area contributed by atoms with Gasteiger partial charge in [0.15, 0.2) is 0 Å². The monoisotopic (exact) mass is 306 g/mol. The highest BCUT2D eigenvalue weighted by Gasteiger charge is 2.35. The van der Waals surface area contributed by atoms with E-state index in [9.17, 15) is 4.39 Å². The molecule has 1 saturated heterocycles. The van der Waals surface area contributed by atoms with Gasteiger partial charge < -0.3 is 9.47 Å². The van der Waals surface area contributed by atoms with Crippen molar-refractivity contribution in [2.45, 2.75) is 18.6 Å². The molecule has 1 aliphatic rings. The number of hydrogen-bond donors (Lipinski definition) is 1. The van der Waals surface area contributed by atoms with Crippen LogP contribution in [0.2, 0.25) is 0 Å². The van der Waals surface area contributed by atoms with Crippen molar-refractivity contribution in [2.75, 3.05) is 27.3 Å². The third kappa shape index (κ3) is 2.95. The summed E-state index contributed by atoms with van der Waals surface area (Å²) in [6, 6.07) is 4.58. The fraction of sp³-hybridized carbons (Fsp3) is 0.467. The Morgan fingerprint density at radius 2 is 2.23 bits per heavy atom. The summed E-state index contributed by atoms with van der Waals surface area (Å²) in [6.45, 7) is 2.15. The Labute approximate surface area is 128 Å². The van der Waals surface area contributed by atoms with Gasteiger partial charge >= 0.3 is 0 Å². The quantitative estimate of drug-likeness (QED) is 0.908. The maximum absolute atomic E-state index is 13.5. The standard InChI is InChI=1S/C15H19FN4O2/c1-21-14-4-3-11(16)5-10(14)7-20-8-12(15(9-20)22-2)13-6-17-19-18-13/h3-6,12,15H,7-9H2,1-2H3,(H,17,18,19)/t12-,15+/m0/s1. The summed E-state index contributed by atoms with van der Waals surface area (Å²) in [7, 11) is 3.29. The maximum Gasteiger partial charge on any atom is 0.123 e. The van der Waals surface area contributed by atoms with Crippen molar-refractivity contribution in [2.24, 2.45) is 0 Å². The van der Waals surface area contributed by atoms with Gasteiger partial charge in [-0.1, -0.05) is 0 Å². The molecule has 1 aromatic carbocycles. The zero-order valence-electron chi connectivity index (χ0n) is 12.6. The van der Waals surface area contributed by atoms with E-state index in [1.54, 1.807) is 26.5 Å². The molecule has 3 rings (SSSR count). The van der Waals surface area contributed by atoms with Gasteiger partial charge in [0, 0.05) is 38.2 Å². The number of aromatic nitrogens is 3.